The number of carboxylic acid groups (broad SMARTS) is 1. The maximum absolute atomic E-state index is 12.9. The molecule has 9 heteroatoms. The lowest BCUT2D eigenvalue weighted by Crippen LogP contribution is -2.45. The van der Waals surface area contributed by atoms with E-state index in [2.05, 4.69) is 5.32 Å². The van der Waals surface area contributed by atoms with Gasteiger partial charge in [0.1, 0.15) is 5.75 Å². The lowest BCUT2D eigenvalue weighted by molar-refractivity contribution is -0.137. The van der Waals surface area contributed by atoms with Crippen molar-refractivity contribution in [2.45, 2.75) is 32.5 Å². The molecule has 0 atom stereocenters. The fourth-order valence-electron chi connectivity index (χ4n) is 2.75. The minimum atomic E-state index is -4.58. The molecule has 0 saturated heterocycles. The zero-order valence-electron chi connectivity index (χ0n) is 16.3. The van der Waals surface area contributed by atoms with Gasteiger partial charge in [-0.15, -0.1) is 0 Å². The average molecular weight is 410 g/mol. The van der Waals surface area contributed by atoms with Gasteiger partial charge in [-0.25, -0.2) is 4.79 Å². The monoisotopic (exact) mass is 410 g/mol. The van der Waals surface area contributed by atoms with Crippen LogP contribution in [0.3, 0.4) is 0 Å². The highest BCUT2D eigenvalue weighted by molar-refractivity contribution is 6.05. The number of ether oxygens (including phenoxy) is 1. The molecule has 0 bridgehead atoms. The molecule has 0 fully saturated rings. The van der Waals surface area contributed by atoms with E-state index in [9.17, 15) is 27.9 Å². The van der Waals surface area contributed by atoms with Crippen LogP contribution < -0.4 is 15.0 Å². The third kappa shape index (κ3) is 5.18. The molecule has 29 heavy (non-hydrogen) atoms. The van der Waals surface area contributed by atoms with Gasteiger partial charge in [-0.2, -0.15) is 13.2 Å². The molecule has 2 aromatic carbocycles. The Kier molecular flexibility index (Phi) is 6.10. The van der Waals surface area contributed by atoms with Gasteiger partial charge in [-0.1, -0.05) is 6.07 Å². The first kappa shape index (κ1) is 22.1. The van der Waals surface area contributed by atoms with Crippen molar-refractivity contribution in [1.29, 1.82) is 0 Å². The van der Waals surface area contributed by atoms with Crippen LogP contribution in [0.4, 0.5) is 29.3 Å². The summed E-state index contributed by atoms with van der Waals surface area (Å²) >= 11 is 0. The van der Waals surface area contributed by atoms with Crippen molar-refractivity contribution in [3.05, 3.63) is 53.6 Å². The standard InChI is InChI=1S/C20H21F3N2O4/c1-19(2,3)25(18(27)28)14-8-9-16(29-4)15(11-14)24-17(26)12-6-5-7-13(10-12)20(21,22)23/h5-11H,1-4H3,(H,24,26)(H,27,28). The predicted molar refractivity (Wildman–Crippen MR) is 103 cm³/mol. The molecular weight excluding hydrogens is 389 g/mol. The fraction of sp³-hybridized carbons (Fsp3) is 0.300. The topological polar surface area (TPSA) is 78.9 Å². The summed E-state index contributed by atoms with van der Waals surface area (Å²) < 4.78 is 43.9. The van der Waals surface area contributed by atoms with Crippen LogP contribution in [0.15, 0.2) is 42.5 Å². The summed E-state index contributed by atoms with van der Waals surface area (Å²) in [5.74, 6) is -0.558. The molecule has 2 N–H and O–H groups in total. The molecule has 0 radical (unpaired) electrons. The van der Waals surface area contributed by atoms with Crippen LogP contribution in [-0.4, -0.2) is 29.8 Å². The molecule has 0 aliphatic rings. The van der Waals surface area contributed by atoms with E-state index >= 15 is 0 Å². The Bertz CT molecular complexity index is 921. The second kappa shape index (κ2) is 8.02. The van der Waals surface area contributed by atoms with Crippen molar-refractivity contribution >= 4 is 23.4 Å². The van der Waals surface area contributed by atoms with E-state index in [4.69, 9.17) is 4.74 Å². The van der Waals surface area contributed by atoms with Crippen molar-refractivity contribution in [2.75, 3.05) is 17.3 Å². The lowest BCUT2D eigenvalue weighted by atomic mass is 10.0. The number of hydrogen-bond donors (Lipinski definition) is 2. The summed E-state index contributed by atoms with van der Waals surface area (Å²) in [5.41, 5.74) is -1.52. The summed E-state index contributed by atoms with van der Waals surface area (Å²) in [5, 5.41) is 12.0. The summed E-state index contributed by atoms with van der Waals surface area (Å²) in [6.07, 6.45) is -5.78. The number of nitrogens with one attached hydrogen (secondary N) is 1. The second-order valence-corrected chi connectivity index (χ2v) is 7.21. The van der Waals surface area contributed by atoms with E-state index < -0.39 is 29.3 Å². The van der Waals surface area contributed by atoms with Crippen LogP contribution in [0.2, 0.25) is 0 Å². The number of carbonyl (C=O) groups excluding carboxylic acids is 1. The minimum Gasteiger partial charge on any atom is -0.495 e. The Hall–Kier alpha value is -3.23. The van der Waals surface area contributed by atoms with Gasteiger partial charge in [0.2, 0.25) is 0 Å². The smallest absolute Gasteiger partial charge is 0.416 e. The van der Waals surface area contributed by atoms with E-state index in [1.54, 1.807) is 20.8 Å². The van der Waals surface area contributed by atoms with Gasteiger partial charge < -0.3 is 15.2 Å². The molecule has 2 rings (SSSR count). The first-order valence-electron chi connectivity index (χ1n) is 8.54. The van der Waals surface area contributed by atoms with Crippen molar-refractivity contribution in [3.8, 4) is 5.75 Å². The third-order valence-electron chi connectivity index (χ3n) is 4.00. The summed E-state index contributed by atoms with van der Waals surface area (Å²) in [4.78, 5) is 25.3. The van der Waals surface area contributed by atoms with E-state index in [0.717, 1.165) is 23.1 Å². The van der Waals surface area contributed by atoms with Crippen molar-refractivity contribution in [2.24, 2.45) is 0 Å². The van der Waals surface area contributed by atoms with E-state index in [0.29, 0.717) is 0 Å². The Morgan fingerprint density at radius 2 is 1.72 bits per heavy atom. The summed E-state index contributed by atoms with van der Waals surface area (Å²) in [7, 11) is 1.35. The molecule has 6 nitrogen and oxygen atoms in total. The molecule has 0 spiro atoms. The summed E-state index contributed by atoms with van der Waals surface area (Å²) in [6.45, 7) is 5.10. The fourth-order valence-corrected chi connectivity index (χ4v) is 2.75. The number of halogens is 3. The number of methoxy groups -OCH3 is 1. The van der Waals surface area contributed by atoms with Gasteiger partial charge in [0.25, 0.3) is 5.91 Å². The second-order valence-electron chi connectivity index (χ2n) is 7.21. The van der Waals surface area contributed by atoms with Gasteiger partial charge in [0.05, 0.1) is 18.4 Å². The van der Waals surface area contributed by atoms with Gasteiger partial charge >= 0.3 is 12.3 Å². The maximum atomic E-state index is 12.9. The van der Waals surface area contributed by atoms with Crippen molar-refractivity contribution in [3.63, 3.8) is 0 Å². The normalized spacial score (nSPS) is 11.7. The third-order valence-corrected chi connectivity index (χ3v) is 4.00. The van der Waals surface area contributed by atoms with E-state index in [1.807, 2.05) is 0 Å². The van der Waals surface area contributed by atoms with Crippen LogP contribution in [0.5, 0.6) is 5.75 Å². The van der Waals surface area contributed by atoms with Crippen molar-refractivity contribution in [1.82, 2.24) is 0 Å². The quantitative estimate of drug-likeness (QED) is 0.722. The van der Waals surface area contributed by atoms with E-state index in [1.165, 1.54) is 31.4 Å². The number of amides is 2. The summed E-state index contributed by atoms with van der Waals surface area (Å²) in [6, 6.07) is 8.37. The van der Waals surface area contributed by atoms with Crippen molar-refractivity contribution < 1.29 is 32.6 Å². The van der Waals surface area contributed by atoms with Crippen LogP contribution in [0.25, 0.3) is 0 Å². The highest BCUT2D eigenvalue weighted by Gasteiger charge is 2.31. The SMILES string of the molecule is COc1ccc(N(C(=O)O)C(C)(C)C)cc1NC(=O)c1cccc(C(F)(F)F)c1. The molecule has 0 aliphatic carbocycles. The van der Waals surface area contributed by atoms with Gasteiger partial charge in [-0.05, 0) is 57.2 Å². The van der Waals surface area contributed by atoms with Gasteiger partial charge in [0.15, 0.2) is 0 Å². The number of carbonyl (C=O) groups is 2. The molecule has 0 saturated carbocycles. The predicted octanol–water partition coefficient (Wildman–Crippen LogP) is 5.25. The molecule has 0 aliphatic heterocycles. The number of alkyl halides is 3. The molecular formula is C20H21F3N2O4. The molecule has 0 aromatic heterocycles. The molecule has 2 amide bonds. The highest BCUT2D eigenvalue weighted by atomic mass is 19.4. The molecule has 2 aromatic rings. The largest absolute Gasteiger partial charge is 0.495 e. The number of benzene rings is 2. The van der Waals surface area contributed by atoms with Gasteiger partial charge in [0, 0.05) is 16.8 Å². The van der Waals surface area contributed by atoms with E-state index in [-0.39, 0.29) is 22.7 Å². The Morgan fingerprint density at radius 3 is 2.24 bits per heavy atom. The lowest BCUT2D eigenvalue weighted by Gasteiger charge is -2.33. The number of hydrogen-bond acceptors (Lipinski definition) is 3. The Labute approximate surface area is 165 Å². The number of nitrogens with zero attached hydrogens (tertiary/aromatic N) is 1. The zero-order chi connectivity index (χ0) is 22.0. The minimum absolute atomic E-state index is 0.128. The Balaban J connectivity index is 2.42. The highest BCUT2D eigenvalue weighted by Crippen LogP contribution is 2.34. The first-order valence-corrected chi connectivity index (χ1v) is 8.54. The van der Waals surface area contributed by atoms with Crippen LogP contribution in [0, 0.1) is 0 Å². The van der Waals surface area contributed by atoms with Crippen LogP contribution in [0.1, 0.15) is 36.7 Å². The first-order chi connectivity index (χ1) is 13.3. The number of anilines is 2. The maximum Gasteiger partial charge on any atom is 0.416 e. The molecule has 0 unspecified atom stereocenters. The van der Waals surface area contributed by atoms with Crippen LogP contribution in [-0.2, 0) is 6.18 Å². The molecule has 156 valence electrons. The van der Waals surface area contributed by atoms with Crippen LogP contribution >= 0.6 is 0 Å². The zero-order valence-corrected chi connectivity index (χ0v) is 16.3. The number of rotatable bonds is 4. The average Bonchev–Trinajstić information content (AvgIpc) is 2.60. The Morgan fingerprint density at radius 1 is 1.07 bits per heavy atom. The molecule has 0 heterocycles. The van der Waals surface area contributed by atoms with Gasteiger partial charge in [-0.3, -0.25) is 9.69 Å².